The maximum Gasteiger partial charge on any atom is 0.490 e. The van der Waals surface area contributed by atoms with Gasteiger partial charge >= 0.3 is 18.2 Å². The number of carboxylic acid groups (broad SMARTS) is 1. The van der Waals surface area contributed by atoms with Crippen molar-refractivity contribution in [2.75, 3.05) is 12.4 Å². The Morgan fingerprint density at radius 1 is 1.15 bits per heavy atom. The van der Waals surface area contributed by atoms with Crippen LogP contribution in [0.2, 0.25) is 0 Å². The zero-order valence-electron chi connectivity index (χ0n) is 21.1. The molecule has 40 heavy (non-hydrogen) atoms. The van der Waals surface area contributed by atoms with Crippen LogP contribution in [0.15, 0.2) is 65.5 Å². The van der Waals surface area contributed by atoms with Crippen molar-refractivity contribution in [1.82, 2.24) is 25.1 Å². The van der Waals surface area contributed by atoms with E-state index in [2.05, 4.69) is 25.5 Å². The van der Waals surface area contributed by atoms with E-state index in [1.165, 1.54) is 12.8 Å². The second-order valence-corrected chi connectivity index (χ2v) is 8.98. The quantitative estimate of drug-likeness (QED) is 0.228. The molecule has 3 heterocycles. The number of methoxy groups -OCH3 is 1. The molecule has 5 aromatic rings. The van der Waals surface area contributed by atoms with Gasteiger partial charge in [0, 0.05) is 46.9 Å². The Bertz CT molecular complexity index is 1630. The SMILES string of the molecule is COc1ccc(CNc2nnc(-c3ccc4[nH]cc(-c5cncc(C6CC6)n5)c4c3)o2)cc1.O=C(O)C(F)(F)F. The van der Waals surface area contributed by atoms with E-state index >= 15 is 0 Å². The van der Waals surface area contributed by atoms with E-state index in [9.17, 15) is 13.2 Å². The highest BCUT2D eigenvalue weighted by Gasteiger charge is 2.38. The molecule has 0 radical (unpaired) electrons. The topological polar surface area (TPSA) is 139 Å². The van der Waals surface area contributed by atoms with E-state index in [4.69, 9.17) is 24.0 Å². The molecule has 10 nitrogen and oxygen atoms in total. The van der Waals surface area contributed by atoms with Gasteiger partial charge in [-0.15, -0.1) is 5.10 Å². The zero-order valence-corrected chi connectivity index (χ0v) is 21.1. The Hall–Kier alpha value is -4.94. The summed E-state index contributed by atoms with van der Waals surface area (Å²) in [6, 6.07) is 14.2. The van der Waals surface area contributed by atoms with Crippen LogP contribution in [0, 0.1) is 0 Å². The normalized spacial score (nSPS) is 13.0. The lowest BCUT2D eigenvalue weighted by Crippen LogP contribution is -2.21. The van der Waals surface area contributed by atoms with Crippen molar-refractivity contribution in [3.05, 3.63) is 72.3 Å². The molecule has 0 unspecified atom stereocenters. The molecule has 0 spiro atoms. The Balaban J connectivity index is 0.000000411. The minimum absolute atomic E-state index is 0.373. The Labute approximate surface area is 225 Å². The Morgan fingerprint density at radius 3 is 2.58 bits per heavy atom. The van der Waals surface area contributed by atoms with Crippen LogP contribution in [0.4, 0.5) is 19.2 Å². The molecule has 0 atom stereocenters. The van der Waals surface area contributed by atoms with Crippen molar-refractivity contribution in [2.45, 2.75) is 31.5 Å². The molecule has 1 fully saturated rings. The number of alkyl halides is 3. The van der Waals surface area contributed by atoms with Crippen LogP contribution in [0.1, 0.15) is 30.0 Å². The van der Waals surface area contributed by atoms with Gasteiger partial charge in [0.2, 0.25) is 5.89 Å². The number of aliphatic carboxylic acids is 1. The van der Waals surface area contributed by atoms with Crippen LogP contribution >= 0.6 is 0 Å². The largest absolute Gasteiger partial charge is 0.497 e. The van der Waals surface area contributed by atoms with Crippen molar-refractivity contribution in [3.63, 3.8) is 0 Å². The first kappa shape index (κ1) is 26.7. The highest BCUT2D eigenvalue weighted by Crippen LogP contribution is 2.39. The molecule has 3 aromatic heterocycles. The maximum absolute atomic E-state index is 10.6. The number of hydrogen-bond donors (Lipinski definition) is 3. The highest BCUT2D eigenvalue weighted by molar-refractivity contribution is 5.96. The van der Waals surface area contributed by atoms with Gasteiger partial charge in [-0.05, 0) is 48.7 Å². The number of fused-ring (bicyclic) bond motifs is 1. The summed E-state index contributed by atoms with van der Waals surface area (Å²) in [6.07, 6.45) is 2.98. The summed E-state index contributed by atoms with van der Waals surface area (Å²) in [5.41, 5.74) is 5.91. The minimum Gasteiger partial charge on any atom is -0.497 e. The molecule has 1 aliphatic rings. The number of nitrogens with one attached hydrogen (secondary N) is 2. The number of ether oxygens (including phenoxy) is 1. The summed E-state index contributed by atoms with van der Waals surface area (Å²) in [5.74, 6) is -0.921. The molecule has 0 amide bonds. The van der Waals surface area contributed by atoms with Gasteiger partial charge in [-0.2, -0.15) is 13.2 Å². The number of benzene rings is 2. The van der Waals surface area contributed by atoms with Crippen LogP contribution in [-0.4, -0.2) is 49.5 Å². The molecule has 0 saturated heterocycles. The number of aromatic nitrogens is 5. The van der Waals surface area contributed by atoms with Gasteiger partial charge in [-0.25, -0.2) is 9.78 Å². The smallest absolute Gasteiger partial charge is 0.490 e. The number of H-pyrrole nitrogens is 1. The molecule has 6 rings (SSSR count). The number of hydrogen-bond acceptors (Lipinski definition) is 8. The molecule has 0 aliphatic heterocycles. The summed E-state index contributed by atoms with van der Waals surface area (Å²) < 4.78 is 42.8. The van der Waals surface area contributed by atoms with E-state index in [1.807, 2.05) is 61.1 Å². The van der Waals surface area contributed by atoms with Crippen molar-refractivity contribution in [1.29, 1.82) is 0 Å². The van der Waals surface area contributed by atoms with Crippen LogP contribution in [0.25, 0.3) is 33.6 Å². The summed E-state index contributed by atoms with van der Waals surface area (Å²) >= 11 is 0. The molecule has 1 aliphatic carbocycles. The fraction of sp³-hybridized carbons (Fsp3) is 0.222. The second kappa shape index (κ2) is 11.0. The first-order valence-electron chi connectivity index (χ1n) is 12.2. The highest BCUT2D eigenvalue weighted by atomic mass is 19.4. The van der Waals surface area contributed by atoms with E-state index in [0.29, 0.717) is 24.4 Å². The molecular weight excluding hydrogens is 529 g/mol. The van der Waals surface area contributed by atoms with Crippen LogP contribution in [0.3, 0.4) is 0 Å². The summed E-state index contributed by atoms with van der Waals surface area (Å²) in [7, 11) is 1.65. The van der Waals surface area contributed by atoms with Crippen molar-refractivity contribution in [3.8, 4) is 28.5 Å². The fourth-order valence-electron chi connectivity index (χ4n) is 3.88. The van der Waals surface area contributed by atoms with E-state index in [0.717, 1.165) is 44.7 Å². The number of anilines is 1. The van der Waals surface area contributed by atoms with E-state index < -0.39 is 12.1 Å². The monoisotopic (exact) mass is 552 g/mol. The summed E-state index contributed by atoms with van der Waals surface area (Å²) in [4.78, 5) is 21.5. The lowest BCUT2D eigenvalue weighted by Gasteiger charge is -2.04. The summed E-state index contributed by atoms with van der Waals surface area (Å²) in [5, 5.41) is 19.7. The average molecular weight is 553 g/mol. The molecule has 13 heteroatoms. The average Bonchev–Trinajstić information content (AvgIpc) is 3.55. The standard InChI is InChI=1S/C25H22N6O2.C2HF3O2/c1-32-18-7-2-15(3-8-18)11-28-25-31-30-24(33-25)17-6-9-21-19(10-17)20(12-27-21)23-14-26-13-22(29-23)16-4-5-16;3-2(4,5)1(6)7/h2-3,6-10,12-14,16,27H,4-5,11H2,1H3,(H,28,31);(H,6,7). The second-order valence-electron chi connectivity index (χ2n) is 8.98. The third-order valence-electron chi connectivity index (χ3n) is 6.12. The number of rotatable bonds is 7. The number of carbonyl (C=O) groups is 1. The first-order chi connectivity index (χ1) is 19.2. The molecular formula is C27H23F3N6O4. The van der Waals surface area contributed by atoms with Gasteiger partial charge in [0.25, 0.3) is 0 Å². The molecule has 206 valence electrons. The third kappa shape index (κ3) is 6.20. The predicted octanol–water partition coefficient (Wildman–Crippen LogP) is 5.81. The number of aromatic amines is 1. The molecule has 2 aromatic carbocycles. The lowest BCUT2D eigenvalue weighted by molar-refractivity contribution is -0.192. The van der Waals surface area contributed by atoms with E-state index in [1.54, 1.807) is 7.11 Å². The number of carboxylic acids is 1. The Morgan fingerprint density at radius 2 is 1.90 bits per heavy atom. The fourth-order valence-corrected chi connectivity index (χ4v) is 3.88. The number of halogens is 3. The minimum atomic E-state index is -5.08. The van der Waals surface area contributed by atoms with Gasteiger partial charge < -0.3 is 24.6 Å². The third-order valence-corrected chi connectivity index (χ3v) is 6.12. The van der Waals surface area contributed by atoms with E-state index in [-0.39, 0.29) is 0 Å². The first-order valence-corrected chi connectivity index (χ1v) is 12.2. The Kier molecular flexibility index (Phi) is 7.36. The molecule has 0 bridgehead atoms. The van der Waals surface area contributed by atoms with Crippen LogP contribution in [-0.2, 0) is 11.3 Å². The predicted molar refractivity (Wildman–Crippen MR) is 139 cm³/mol. The number of nitrogens with zero attached hydrogens (tertiary/aromatic N) is 4. The van der Waals surface area contributed by atoms with Gasteiger partial charge in [0.1, 0.15) is 5.75 Å². The lowest BCUT2D eigenvalue weighted by atomic mass is 10.1. The maximum atomic E-state index is 10.6. The molecule has 1 saturated carbocycles. The summed E-state index contributed by atoms with van der Waals surface area (Å²) in [6.45, 7) is 0.572. The molecule has 3 N–H and O–H groups in total. The van der Waals surface area contributed by atoms with Crippen LogP contribution < -0.4 is 10.1 Å². The van der Waals surface area contributed by atoms with Crippen molar-refractivity contribution >= 4 is 22.9 Å². The van der Waals surface area contributed by atoms with Gasteiger partial charge in [0.15, 0.2) is 0 Å². The van der Waals surface area contributed by atoms with Crippen LogP contribution in [0.5, 0.6) is 5.75 Å². The van der Waals surface area contributed by atoms with Crippen molar-refractivity contribution < 1.29 is 32.2 Å². The van der Waals surface area contributed by atoms with Gasteiger partial charge in [-0.1, -0.05) is 17.2 Å². The zero-order chi connectivity index (χ0) is 28.3. The van der Waals surface area contributed by atoms with Gasteiger partial charge in [-0.3, -0.25) is 4.98 Å². The van der Waals surface area contributed by atoms with Gasteiger partial charge in [0.05, 0.1) is 24.7 Å². The van der Waals surface area contributed by atoms with Crippen molar-refractivity contribution in [2.24, 2.45) is 0 Å².